The third-order valence-corrected chi connectivity index (χ3v) is 7.23. The molecule has 0 aliphatic carbocycles. The summed E-state index contributed by atoms with van der Waals surface area (Å²) in [6.45, 7) is 2.02. The summed E-state index contributed by atoms with van der Waals surface area (Å²) in [7, 11) is 10.5. The van der Waals surface area contributed by atoms with E-state index in [1.165, 1.54) is 0 Å². The SMILES string of the molecule is CCC(O)[P+](N(C)C)(N(C)C)N(C)C. The van der Waals surface area contributed by atoms with E-state index in [1.807, 2.05) is 49.2 Å². The first-order valence-corrected chi connectivity index (χ1v) is 6.63. The van der Waals surface area contributed by atoms with E-state index in [-0.39, 0.29) is 5.85 Å². The Labute approximate surface area is 89.0 Å². The second-order valence-corrected chi connectivity index (χ2v) is 8.27. The van der Waals surface area contributed by atoms with E-state index in [0.29, 0.717) is 0 Å². The van der Waals surface area contributed by atoms with Crippen molar-refractivity contribution in [3.05, 3.63) is 0 Å². The zero-order valence-electron chi connectivity index (χ0n) is 10.5. The molecule has 1 atom stereocenters. The van der Waals surface area contributed by atoms with Gasteiger partial charge in [0.1, 0.15) is 0 Å². The van der Waals surface area contributed by atoms with Crippen LogP contribution in [0.2, 0.25) is 0 Å². The average Bonchev–Trinajstić information content (AvgIpc) is 2.02. The highest BCUT2D eigenvalue weighted by Crippen LogP contribution is 2.67. The quantitative estimate of drug-likeness (QED) is 0.707. The van der Waals surface area contributed by atoms with Gasteiger partial charge in [-0.3, -0.25) is 0 Å². The molecular formula is C9H25N3OP+. The van der Waals surface area contributed by atoms with Gasteiger partial charge in [0.15, 0.2) is 0 Å². The first-order chi connectivity index (χ1) is 6.31. The van der Waals surface area contributed by atoms with Crippen LogP contribution in [0.3, 0.4) is 0 Å². The normalized spacial score (nSPS) is 15.6. The molecule has 0 heterocycles. The molecule has 14 heavy (non-hydrogen) atoms. The minimum Gasteiger partial charge on any atom is -0.355 e. The van der Waals surface area contributed by atoms with Crippen molar-refractivity contribution in [2.75, 3.05) is 42.3 Å². The highest BCUT2D eigenvalue weighted by Gasteiger charge is 2.53. The number of hydrogen-bond acceptors (Lipinski definition) is 4. The number of nitrogens with zero attached hydrogens (tertiary/aromatic N) is 3. The van der Waals surface area contributed by atoms with Crippen molar-refractivity contribution < 1.29 is 5.11 Å². The summed E-state index contributed by atoms with van der Waals surface area (Å²) in [4.78, 5) is 0. The van der Waals surface area contributed by atoms with Gasteiger partial charge in [0.25, 0.3) is 7.71 Å². The molecule has 0 saturated carbocycles. The van der Waals surface area contributed by atoms with Gasteiger partial charge in [-0.1, -0.05) is 6.92 Å². The van der Waals surface area contributed by atoms with Crippen molar-refractivity contribution in [3.8, 4) is 0 Å². The van der Waals surface area contributed by atoms with Crippen molar-refractivity contribution in [1.29, 1.82) is 0 Å². The number of hydrogen-bond donors (Lipinski definition) is 1. The summed E-state index contributed by atoms with van der Waals surface area (Å²) in [5.74, 6) is -0.289. The third-order valence-electron chi connectivity index (χ3n) is 2.53. The molecule has 1 N–H and O–H groups in total. The second-order valence-electron chi connectivity index (χ2n) is 4.05. The van der Waals surface area contributed by atoms with Crippen molar-refractivity contribution in [2.24, 2.45) is 0 Å². The first-order valence-electron chi connectivity index (χ1n) is 4.92. The Morgan fingerprint density at radius 1 is 0.929 bits per heavy atom. The molecule has 0 aromatic rings. The van der Waals surface area contributed by atoms with Gasteiger partial charge < -0.3 is 5.11 Å². The molecule has 1 unspecified atom stereocenters. The van der Waals surface area contributed by atoms with Crippen LogP contribution in [0.15, 0.2) is 0 Å². The lowest BCUT2D eigenvalue weighted by Gasteiger charge is -2.42. The molecule has 86 valence electrons. The minimum absolute atomic E-state index is 0.289. The van der Waals surface area contributed by atoms with Crippen LogP contribution in [-0.4, -0.2) is 67.2 Å². The lowest BCUT2D eigenvalue weighted by molar-refractivity contribution is 0.218. The summed E-state index contributed by atoms with van der Waals surface area (Å²) >= 11 is 0. The molecule has 0 amide bonds. The molecule has 0 aromatic carbocycles. The number of aliphatic hydroxyl groups is 1. The fourth-order valence-electron chi connectivity index (χ4n) is 2.12. The van der Waals surface area contributed by atoms with Gasteiger partial charge >= 0.3 is 0 Å². The van der Waals surface area contributed by atoms with E-state index < -0.39 is 7.71 Å². The average molecular weight is 222 g/mol. The predicted molar refractivity (Wildman–Crippen MR) is 64.3 cm³/mol. The Morgan fingerprint density at radius 2 is 1.21 bits per heavy atom. The van der Waals surface area contributed by atoms with Gasteiger partial charge in [-0.15, -0.1) is 0 Å². The molecule has 0 saturated heterocycles. The van der Waals surface area contributed by atoms with Crippen LogP contribution in [-0.2, 0) is 0 Å². The van der Waals surface area contributed by atoms with Crippen molar-refractivity contribution >= 4 is 7.71 Å². The smallest absolute Gasteiger partial charge is 0.255 e. The van der Waals surface area contributed by atoms with Crippen molar-refractivity contribution in [3.63, 3.8) is 0 Å². The maximum atomic E-state index is 10.2. The van der Waals surface area contributed by atoms with Gasteiger partial charge in [0, 0.05) is 48.7 Å². The summed E-state index contributed by atoms with van der Waals surface area (Å²) in [5, 5.41) is 10.2. The van der Waals surface area contributed by atoms with E-state index >= 15 is 0 Å². The second kappa shape index (κ2) is 5.38. The molecule has 0 bridgehead atoms. The van der Waals surface area contributed by atoms with Gasteiger partial charge in [0.2, 0.25) is 5.85 Å². The maximum absolute atomic E-state index is 10.2. The zero-order chi connectivity index (χ0) is 11.5. The summed E-state index contributed by atoms with van der Waals surface area (Å²) in [5.41, 5.74) is 0. The molecule has 0 spiro atoms. The van der Waals surface area contributed by atoms with Crippen LogP contribution in [0.4, 0.5) is 0 Å². The molecule has 0 aliphatic heterocycles. The molecule has 5 heteroatoms. The monoisotopic (exact) mass is 222 g/mol. The lowest BCUT2D eigenvalue weighted by Crippen LogP contribution is -2.42. The molecule has 0 aromatic heterocycles. The molecule has 4 nitrogen and oxygen atoms in total. The number of aliphatic hydroxyl groups excluding tert-OH is 1. The van der Waals surface area contributed by atoms with Crippen LogP contribution < -0.4 is 0 Å². The van der Waals surface area contributed by atoms with Crippen LogP contribution in [0.25, 0.3) is 0 Å². The van der Waals surface area contributed by atoms with Crippen LogP contribution >= 0.6 is 7.71 Å². The van der Waals surface area contributed by atoms with Crippen molar-refractivity contribution in [2.45, 2.75) is 19.2 Å². The fraction of sp³-hybridized carbons (Fsp3) is 1.00. The van der Waals surface area contributed by atoms with Gasteiger partial charge in [0.05, 0.1) is 0 Å². The summed E-state index contributed by atoms with van der Waals surface area (Å²) in [6.07, 6.45) is 0.780. The molecule has 0 fully saturated rings. The van der Waals surface area contributed by atoms with Gasteiger partial charge in [-0.25, -0.2) is 0 Å². The topological polar surface area (TPSA) is 30.0 Å². The molecular weight excluding hydrogens is 197 g/mol. The largest absolute Gasteiger partial charge is 0.355 e. The predicted octanol–water partition coefficient (Wildman–Crippen LogP) is 1.16. The Bertz CT molecular complexity index is 152. The fourth-order valence-corrected chi connectivity index (χ4v) is 6.35. The summed E-state index contributed by atoms with van der Waals surface area (Å²) < 4.78 is 6.46. The van der Waals surface area contributed by atoms with Crippen LogP contribution in [0.1, 0.15) is 13.3 Å². The van der Waals surface area contributed by atoms with Crippen LogP contribution in [0, 0.1) is 0 Å². The Balaban J connectivity index is 5.16. The van der Waals surface area contributed by atoms with Crippen molar-refractivity contribution in [1.82, 2.24) is 14.0 Å². The van der Waals surface area contributed by atoms with Crippen LogP contribution in [0.5, 0.6) is 0 Å². The third kappa shape index (κ3) is 2.26. The number of rotatable bonds is 5. The first kappa shape index (κ1) is 14.3. The minimum atomic E-state index is -1.75. The molecule has 0 rings (SSSR count). The molecule has 0 aliphatic rings. The van der Waals surface area contributed by atoms with Gasteiger partial charge in [-0.2, -0.15) is 14.0 Å². The maximum Gasteiger partial charge on any atom is 0.255 e. The van der Waals surface area contributed by atoms with E-state index in [0.717, 1.165) is 6.42 Å². The zero-order valence-corrected chi connectivity index (χ0v) is 11.4. The van der Waals surface area contributed by atoms with Gasteiger partial charge in [-0.05, 0) is 0 Å². The van der Waals surface area contributed by atoms with E-state index in [4.69, 9.17) is 0 Å². The van der Waals surface area contributed by atoms with E-state index in [1.54, 1.807) is 0 Å². The highest BCUT2D eigenvalue weighted by atomic mass is 31.2. The Kier molecular flexibility index (Phi) is 5.48. The Hall–Kier alpha value is 0.270. The van der Waals surface area contributed by atoms with E-state index in [9.17, 15) is 5.11 Å². The van der Waals surface area contributed by atoms with E-state index in [2.05, 4.69) is 14.0 Å². The molecule has 0 radical (unpaired) electrons. The standard InChI is InChI=1S/C9H25N3OP/c1-8-9(13)14(10(2)3,11(4)5)12(6)7/h9,13H,8H2,1-7H3/q+1. The lowest BCUT2D eigenvalue weighted by atomic mass is 10.5. The summed E-state index contributed by atoms with van der Waals surface area (Å²) in [6, 6.07) is 0. The highest BCUT2D eigenvalue weighted by molar-refractivity contribution is 7.69. The Morgan fingerprint density at radius 3 is 1.29 bits per heavy atom.